The van der Waals surface area contributed by atoms with Gasteiger partial charge in [-0.2, -0.15) is 5.10 Å². The van der Waals surface area contributed by atoms with E-state index < -0.39 is 0 Å². The van der Waals surface area contributed by atoms with Crippen molar-refractivity contribution in [3.05, 3.63) is 45.5 Å². The van der Waals surface area contributed by atoms with Crippen LogP contribution in [0.5, 0.6) is 0 Å². The SMILES string of the molecule is COC1CN(Cc2ccc(Nc3cc(Cl)nn(C)c3=O)nc2)C1. The van der Waals surface area contributed by atoms with E-state index in [1.807, 2.05) is 12.1 Å². The van der Waals surface area contributed by atoms with Crippen LogP contribution in [0.25, 0.3) is 0 Å². The van der Waals surface area contributed by atoms with E-state index in [9.17, 15) is 4.79 Å². The van der Waals surface area contributed by atoms with E-state index >= 15 is 0 Å². The Balaban J connectivity index is 1.65. The van der Waals surface area contributed by atoms with Crippen molar-refractivity contribution in [3.63, 3.8) is 0 Å². The Bertz CT molecular complexity index is 741. The van der Waals surface area contributed by atoms with E-state index in [2.05, 4.69) is 20.3 Å². The standard InChI is InChI=1S/C15H18ClN5O2/c1-20-15(22)12(5-13(16)19-20)18-14-4-3-10(6-17-14)7-21-8-11(9-21)23-2/h3-6,11H,7-9H2,1-2H3,(H,17,18). The number of rotatable bonds is 5. The number of anilines is 2. The molecule has 0 saturated carbocycles. The van der Waals surface area contributed by atoms with Gasteiger partial charge in [-0.1, -0.05) is 17.7 Å². The van der Waals surface area contributed by atoms with Crippen molar-refractivity contribution in [3.8, 4) is 0 Å². The third kappa shape index (κ3) is 3.69. The third-order valence-corrected chi connectivity index (χ3v) is 3.97. The van der Waals surface area contributed by atoms with Crippen LogP contribution in [0.1, 0.15) is 5.56 Å². The van der Waals surface area contributed by atoms with Gasteiger partial charge in [-0.25, -0.2) is 9.67 Å². The number of methoxy groups -OCH3 is 1. The zero-order valence-corrected chi connectivity index (χ0v) is 13.7. The minimum absolute atomic E-state index is 0.247. The summed E-state index contributed by atoms with van der Waals surface area (Å²) >= 11 is 5.87. The maximum absolute atomic E-state index is 12.0. The summed E-state index contributed by atoms with van der Waals surface area (Å²) in [5.41, 5.74) is 1.20. The van der Waals surface area contributed by atoms with E-state index in [1.54, 1.807) is 20.4 Å². The first kappa shape index (κ1) is 15.9. The second kappa shape index (κ2) is 6.66. The molecule has 8 heteroatoms. The molecule has 3 heterocycles. The normalized spacial score (nSPS) is 15.4. The van der Waals surface area contributed by atoms with Gasteiger partial charge in [-0.15, -0.1) is 0 Å². The number of ether oxygens (including phenoxy) is 1. The van der Waals surface area contributed by atoms with Crippen molar-refractivity contribution in [1.29, 1.82) is 0 Å². The molecule has 0 radical (unpaired) electrons. The predicted octanol–water partition coefficient (Wildman–Crippen LogP) is 1.40. The minimum Gasteiger partial charge on any atom is -0.379 e. The van der Waals surface area contributed by atoms with E-state index in [1.165, 1.54) is 10.7 Å². The van der Waals surface area contributed by atoms with Gasteiger partial charge in [-0.05, 0) is 11.6 Å². The summed E-state index contributed by atoms with van der Waals surface area (Å²) in [5.74, 6) is 0.589. The number of nitrogens with zero attached hydrogens (tertiary/aromatic N) is 4. The monoisotopic (exact) mass is 335 g/mol. The summed E-state index contributed by atoms with van der Waals surface area (Å²) in [4.78, 5) is 18.6. The molecular weight excluding hydrogens is 318 g/mol. The van der Waals surface area contributed by atoms with E-state index in [-0.39, 0.29) is 10.7 Å². The van der Waals surface area contributed by atoms with Crippen LogP contribution in [0.2, 0.25) is 5.15 Å². The molecule has 0 bridgehead atoms. The number of hydrogen-bond donors (Lipinski definition) is 1. The molecule has 0 aliphatic carbocycles. The smallest absolute Gasteiger partial charge is 0.290 e. The molecule has 0 aromatic carbocycles. The Labute approximate surface area is 138 Å². The number of hydrogen-bond acceptors (Lipinski definition) is 6. The van der Waals surface area contributed by atoms with Gasteiger partial charge in [-0.3, -0.25) is 9.69 Å². The molecule has 1 fully saturated rings. The number of halogens is 1. The maximum Gasteiger partial charge on any atom is 0.290 e. The summed E-state index contributed by atoms with van der Waals surface area (Å²) < 4.78 is 6.44. The highest BCUT2D eigenvalue weighted by molar-refractivity contribution is 6.29. The van der Waals surface area contributed by atoms with Crippen LogP contribution in [0, 0.1) is 0 Å². The molecule has 1 N–H and O–H groups in total. The molecule has 0 unspecified atom stereocenters. The van der Waals surface area contributed by atoms with Gasteiger partial charge < -0.3 is 10.1 Å². The highest BCUT2D eigenvalue weighted by Gasteiger charge is 2.25. The van der Waals surface area contributed by atoms with E-state index in [0.29, 0.717) is 17.6 Å². The predicted molar refractivity (Wildman–Crippen MR) is 88.1 cm³/mol. The number of aryl methyl sites for hydroxylation is 1. The average molecular weight is 336 g/mol. The van der Waals surface area contributed by atoms with Crippen molar-refractivity contribution >= 4 is 23.1 Å². The van der Waals surface area contributed by atoms with Crippen LogP contribution < -0.4 is 10.9 Å². The molecule has 1 aliphatic heterocycles. The molecule has 23 heavy (non-hydrogen) atoms. The Morgan fingerprint density at radius 1 is 1.43 bits per heavy atom. The van der Waals surface area contributed by atoms with E-state index in [0.717, 1.165) is 25.2 Å². The average Bonchev–Trinajstić information content (AvgIpc) is 2.49. The van der Waals surface area contributed by atoms with Gasteiger partial charge in [0.2, 0.25) is 0 Å². The van der Waals surface area contributed by atoms with Crippen LogP contribution in [0.3, 0.4) is 0 Å². The van der Waals surface area contributed by atoms with Crippen LogP contribution in [0.15, 0.2) is 29.2 Å². The Hall–Kier alpha value is -1.96. The van der Waals surface area contributed by atoms with Gasteiger partial charge in [0.1, 0.15) is 11.5 Å². The lowest BCUT2D eigenvalue weighted by Crippen LogP contribution is -2.50. The van der Waals surface area contributed by atoms with Crippen LogP contribution >= 0.6 is 11.6 Å². The summed E-state index contributed by atoms with van der Waals surface area (Å²) in [6.07, 6.45) is 2.15. The van der Waals surface area contributed by atoms with Crippen molar-refractivity contribution in [1.82, 2.24) is 19.7 Å². The summed E-state index contributed by atoms with van der Waals surface area (Å²) in [7, 11) is 3.29. The lowest BCUT2D eigenvalue weighted by atomic mass is 10.1. The highest BCUT2D eigenvalue weighted by atomic mass is 35.5. The molecule has 1 aliphatic rings. The molecule has 3 rings (SSSR count). The zero-order chi connectivity index (χ0) is 16.4. The molecular formula is C15H18ClN5O2. The lowest BCUT2D eigenvalue weighted by Gasteiger charge is -2.38. The topological polar surface area (TPSA) is 72.3 Å². The number of aromatic nitrogens is 3. The molecule has 2 aromatic heterocycles. The second-order valence-electron chi connectivity index (χ2n) is 5.54. The van der Waals surface area contributed by atoms with Crippen molar-refractivity contribution in [2.75, 3.05) is 25.5 Å². The van der Waals surface area contributed by atoms with Crippen molar-refractivity contribution in [2.24, 2.45) is 7.05 Å². The Kier molecular flexibility index (Phi) is 4.61. The lowest BCUT2D eigenvalue weighted by molar-refractivity contribution is -0.0334. The fourth-order valence-electron chi connectivity index (χ4n) is 2.45. The van der Waals surface area contributed by atoms with Gasteiger partial charge in [0.05, 0.1) is 6.10 Å². The van der Waals surface area contributed by atoms with Gasteiger partial charge in [0.15, 0.2) is 5.15 Å². The van der Waals surface area contributed by atoms with Crippen molar-refractivity contribution < 1.29 is 4.74 Å². The Morgan fingerprint density at radius 2 is 2.22 bits per heavy atom. The molecule has 122 valence electrons. The maximum atomic E-state index is 12.0. The molecule has 1 saturated heterocycles. The fourth-order valence-corrected chi connectivity index (χ4v) is 2.67. The minimum atomic E-state index is -0.258. The van der Waals surface area contributed by atoms with Gasteiger partial charge >= 0.3 is 0 Å². The van der Waals surface area contributed by atoms with E-state index in [4.69, 9.17) is 16.3 Å². The van der Waals surface area contributed by atoms with Gasteiger partial charge in [0, 0.05) is 46.1 Å². The number of nitrogens with one attached hydrogen (secondary N) is 1. The highest BCUT2D eigenvalue weighted by Crippen LogP contribution is 2.17. The molecule has 0 amide bonds. The second-order valence-corrected chi connectivity index (χ2v) is 5.93. The summed E-state index contributed by atoms with van der Waals surface area (Å²) in [6.45, 7) is 2.74. The molecule has 0 atom stereocenters. The Morgan fingerprint density at radius 3 is 2.87 bits per heavy atom. The summed E-state index contributed by atoms with van der Waals surface area (Å²) in [5, 5.41) is 7.07. The van der Waals surface area contributed by atoms with Crippen LogP contribution in [-0.2, 0) is 18.3 Å². The number of likely N-dealkylation sites (tertiary alicyclic amines) is 1. The molecule has 7 nitrogen and oxygen atoms in total. The summed E-state index contributed by atoms with van der Waals surface area (Å²) in [6, 6.07) is 5.32. The van der Waals surface area contributed by atoms with Crippen LogP contribution in [-0.4, -0.2) is 46.0 Å². The molecule has 2 aromatic rings. The van der Waals surface area contributed by atoms with Gasteiger partial charge in [0.25, 0.3) is 5.56 Å². The third-order valence-electron chi connectivity index (χ3n) is 3.78. The first-order chi connectivity index (χ1) is 11.0. The van der Waals surface area contributed by atoms with Crippen molar-refractivity contribution in [2.45, 2.75) is 12.6 Å². The quantitative estimate of drug-likeness (QED) is 0.890. The van der Waals surface area contributed by atoms with Crippen LogP contribution in [0.4, 0.5) is 11.5 Å². The first-order valence-electron chi connectivity index (χ1n) is 7.26. The molecule has 0 spiro atoms. The fraction of sp³-hybridized carbons (Fsp3) is 0.400. The number of pyridine rings is 1. The first-order valence-corrected chi connectivity index (χ1v) is 7.64. The zero-order valence-electron chi connectivity index (χ0n) is 13.0. The largest absolute Gasteiger partial charge is 0.379 e.